The van der Waals surface area contributed by atoms with Crippen LogP contribution in [0.3, 0.4) is 0 Å². The summed E-state index contributed by atoms with van der Waals surface area (Å²) in [6.07, 6.45) is 0. The van der Waals surface area contributed by atoms with Crippen LogP contribution in [0.15, 0.2) is 66.7 Å². The number of hydrogen-bond acceptors (Lipinski definition) is 9. The summed E-state index contributed by atoms with van der Waals surface area (Å²) in [5.74, 6) is -0.137. The van der Waals surface area contributed by atoms with Crippen LogP contribution in [-0.2, 0) is 10.0 Å². The van der Waals surface area contributed by atoms with Gasteiger partial charge >= 0.3 is 5.91 Å². The molecule has 11 nitrogen and oxygen atoms in total. The maximum absolute atomic E-state index is 13.5. The maximum atomic E-state index is 13.5. The molecule has 0 saturated heterocycles. The molecule has 0 spiro atoms. The van der Waals surface area contributed by atoms with E-state index < -0.39 is 21.2 Å². The number of carbonyl (C=O) groups excluding carboxylic acids is 1. The second-order valence-corrected chi connectivity index (χ2v) is 10.0. The third kappa shape index (κ3) is 5.30. The van der Waals surface area contributed by atoms with E-state index in [-0.39, 0.29) is 11.6 Å². The van der Waals surface area contributed by atoms with Crippen molar-refractivity contribution in [3.63, 3.8) is 0 Å². The number of pyridine rings is 1. The summed E-state index contributed by atoms with van der Waals surface area (Å²) >= 11 is 0. The van der Waals surface area contributed by atoms with Crippen molar-refractivity contribution >= 4 is 15.9 Å². The lowest BCUT2D eigenvalue weighted by molar-refractivity contribution is 0.0969. The lowest BCUT2D eigenvalue weighted by Gasteiger charge is -2.18. The summed E-state index contributed by atoms with van der Waals surface area (Å²) in [6.45, 7) is 3.72. The summed E-state index contributed by atoms with van der Waals surface area (Å²) in [7, 11) is -1.22. The Bertz CT molecular complexity index is 1520. The summed E-state index contributed by atoms with van der Waals surface area (Å²) in [6, 6.07) is 18.7. The van der Waals surface area contributed by atoms with E-state index in [1.165, 1.54) is 25.7 Å². The molecule has 0 aliphatic rings. The number of para-hydroxylation sites is 1. The summed E-state index contributed by atoms with van der Waals surface area (Å²) in [4.78, 5) is 17.9. The van der Waals surface area contributed by atoms with Gasteiger partial charge in [-0.15, -0.1) is 10.2 Å². The number of carbonyl (C=O) groups is 1. The molecule has 1 amide bonds. The van der Waals surface area contributed by atoms with Crippen LogP contribution >= 0.6 is 0 Å². The normalized spacial score (nSPS) is 12.0. The molecule has 0 aliphatic carbocycles. The molecule has 2 heterocycles. The van der Waals surface area contributed by atoms with Gasteiger partial charge in [0.1, 0.15) is 28.1 Å². The molecule has 198 valence electrons. The second-order valence-electron chi connectivity index (χ2n) is 8.02. The van der Waals surface area contributed by atoms with Gasteiger partial charge in [-0.05, 0) is 37.6 Å². The number of nitrogens with zero attached hydrogens (tertiary/aromatic N) is 4. The fourth-order valence-corrected chi connectivity index (χ4v) is 4.84. The predicted molar refractivity (Wildman–Crippen MR) is 140 cm³/mol. The van der Waals surface area contributed by atoms with E-state index >= 15 is 0 Å². The number of methoxy groups -OCH3 is 2. The van der Waals surface area contributed by atoms with Gasteiger partial charge in [0, 0.05) is 6.07 Å². The Kier molecular flexibility index (Phi) is 7.91. The molecule has 2 aromatic heterocycles. The first-order valence-electron chi connectivity index (χ1n) is 11.7. The van der Waals surface area contributed by atoms with E-state index in [2.05, 4.69) is 19.9 Å². The fourth-order valence-electron chi connectivity index (χ4n) is 3.80. The van der Waals surface area contributed by atoms with Crippen LogP contribution in [0.1, 0.15) is 35.3 Å². The zero-order valence-corrected chi connectivity index (χ0v) is 22.1. The lowest BCUT2D eigenvalue weighted by atomic mass is 10.2. The number of aromatic nitrogens is 4. The van der Waals surface area contributed by atoms with Crippen LogP contribution in [0.25, 0.3) is 17.2 Å². The van der Waals surface area contributed by atoms with Crippen molar-refractivity contribution in [1.82, 2.24) is 24.5 Å². The number of hydrogen-bond donors (Lipinski definition) is 1. The Morgan fingerprint density at radius 3 is 2.24 bits per heavy atom. The maximum Gasteiger partial charge on any atom is 0.303 e. The van der Waals surface area contributed by atoms with E-state index in [4.69, 9.17) is 14.2 Å². The Labute approximate surface area is 220 Å². The minimum atomic E-state index is -4.14. The largest absolute Gasteiger partial charge is 0.494 e. The van der Waals surface area contributed by atoms with Crippen LogP contribution in [0, 0.1) is 0 Å². The Morgan fingerprint density at radius 2 is 1.61 bits per heavy atom. The number of amides is 1. The molecule has 2 aromatic carbocycles. The fraction of sp³-hybridized carbons (Fsp3) is 0.231. The zero-order chi connectivity index (χ0) is 27.3. The SMILES string of the molecule is CCOc1cccc(-c2nnc(C(=O)NS(=O)(=O)[C@@H](C)c3ccccc3)n2-c2c(OC)cccc2OC)n1. The zero-order valence-electron chi connectivity index (χ0n) is 21.3. The molecule has 1 N–H and O–H groups in total. The highest BCUT2D eigenvalue weighted by Crippen LogP contribution is 2.36. The van der Waals surface area contributed by atoms with Gasteiger partial charge in [-0.1, -0.05) is 42.5 Å². The quantitative estimate of drug-likeness (QED) is 0.322. The van der Waals surface area contributed by atoms with Crippen molar-refractivity contribution in [2.75, 3.05) is 20.8 Å². The Morgan fingerprint density at radius 1 is 0.947 bits per heavy atom. The van der Waals surface area contributed by atoms with Crippen molar-refractivity contribution in [2.24, 2.45) is 0 Å². The van der Waals surface area contributed by atoms with E-state index in [1.54, 1.807) is 66.7 Å². The van der Waals surface area contributed by atoms with E-state index in [1.807, 2.05) is 6.92 Å². The van der Waals surface area contributed by atoms with Gasteiger partial charge < -0.3 is 14.2 Å². The van der Waals surface area contributed by atoms with Crippen molar-refractivity contribution in [1.29, 1.82) is 0 Å². The molecular weight excluding hydrogens is 510 g/mol. The van der Waals surface area contributed by atoms with Gasteiger partial charge in [0.2, 0.25) is 21.7 Å². The van der Waals surface area contributed by atoms with Crippen molar-refractivity contribution < 1.29 is 27.4 Å². The molecular formula is C26H27N5O6S. The molecule has 0 radical (unpaired) electrons. The first-order chi connectivity index (χ1) is 18.3. The molecule has 38 heavy (non-hydrogen) atoms. The van der Waals surface area contributed by atoms with E-state index in [9.17, 15) is 13.2 Å². The highest BCUT2D eigenvalue weighted by molar-refractivity contribution is 7.90. The van der Waals surface area contributed by atoms with Gasteiger partial charge in [-0.2, -0.15) is 0 Å². The Balaban J connectivity index is 1.86. The van der Waals surface area contributed by atoms with Gasteiger partial charge in [0.15, 0.2) is 5.82 Å². The molecule has 0 fully saturated rings. The molecule has 0 unspecified atom stereocenters. The average molecular weight is 538 g/mol. The van der Waals surface area contributed by atoms with Crippen LogP contribution in [-0.4, -0.2) is 54.9 Å². The molecule has 4 aromatic rings. The van der Waals surface area contributed by atoms with Gasteiger partial charge in [0.05, 0.1) is 20.8 Å². The first-order valence-corrected chi connectivity index (χ1v) is 13.2. The lowest BCUT2D eigenvalue weighted by Crippen LogP contribution is -2.35. The second kappa shape index (κ2) is 11.3. The van der Waals surface area contributed by atoms with Crippen LogP contribution in [0.5, 0.6) is 17.4 Å². The van der Waals surface area contributed by atoms with Crippen molar-refractivity contribution in [3.05, 3.63) is 78.1 Å². The first kappa shape index (κ1) is 26.6. The van der Waals surface area contributed by atoms with Crippen molar-refractivity contribution in [3.8, 4) is 34.6 Å². The number of benzene rings is 2. The highest BCUT2D eigenvalue weighted by Gasteiger charge is 2.31. The minimum absolute atomic E-state index is 0.146. The summed E-state index contributed by atoms with van der Waals surface area (Å²) in [5, 5.41) is 7.25. The predicted octanol–water partition coefficient (Wildman–Crippen LogP) is 3.57. The molecule has 0 aliphatic heterocycles. The number of rotatable bonds is 10. The van der Waals surface area contributed by atoms with Gasteiger partial charge in [-0.3, -0.25) is 9.36 Å². The Hall–Kier alpha value is -4.45. The van der Waals surface area contributed by atoms with Crippen molar-refractivity contribution in [2.45, 2.75) is 19.1 Å². The van der Waals surface area contributed by atoms with E-state index in [0.717, 1.165) is 0 Å². The molecule has 0 saturated carbocycles. The van der Waals surface area contributed by atoms with E-state index in [0.29, 0.717) is 40.9 Å². The van der Waals surface area contributed by atoms with Gasteiger partial charge in [0.25, 0.3) is 0 Å². The third-order valence-electron chi connectivity index (χ3n) is 5.71. The standard InChI is InChI=1S/C26H27N5O6S/c1-5-37-22-16-9-13-19(27-22)24-28-29-25(31(24)23-20(35-3)14-10-15-21(23)36-4)26(32)30-38(33,34)17(2)18-11-7-6-8-12-18/h6-17H,5H2,1-4H3,(H,30,32)/t17-/m0/s1. The smallest absolute Gasteiger partial charge is 0.303 e. The highest BCUT2D eigenvalue weighted by atomic mass is 32.2. The number of sulfonamides is 1. The van der Waals surface area contributed by atoms with Crippen LogP contribution in [0.4, 0.5) is 0 Å². The number of nitrogens with one attached hydrogen (secondary N) is 1. The van der Waals surface area contributed by atoms with Gasteiger partial charge in [-0.25, -0.2) is 18.1 Å². The monoisotopic (exact) mass is 537 g/mol. The minimum Gasteiger partial charge on any atom is -0.494 e. The molecule has 12 heteroatoms. The van der Waals surface area contributed by atoms with Crippen LogP contribution in [0.2, 0.25) is 0 Å². The van der Waals surface area contributed by atoms with Crippen LogP contribution < -0.4 is 18.9 Å². The number of ether oxygens (including phenoxy) is 3. The third-order valence-corrected chi connectivity index (χ3v) is 7.38. The molecule has 0 bridgehead atoms. The summed E-state index contributed by atoms with van der Waals surface area (Å²) < 4.78 is 46.4. The molecule has 1 atom stereocenters. The molecule has 4 rings (SSSR count). The summed E-state index contributed by atoms with van der Waals surface area (Å²) in [5.41, 5.74) is 1.15. The average Bonchev–Trinajstić information content (AvgIpc) is 3.37. The topological polar surface area (TPSA) is 135 Å².